The first-order valence-electron chi connectivity index (χ1n) is 4.61. The summed E-state index contributed by atoms with van der Waals surface area (Å²) in [7, 11) is 1.55. The van der Waals surface area contributed by atoms with Gasteiger partial charge in [0.2, 0.25) is 11.8 Å². The fourth-order valence-electron chi connectivity index (χ4n) is 0.970. The number of anilines is 2. The summed E-state index contributed by atoms with van der Waals surface area (Å²) in [5.74, 6) is 1.38. The largest absolute Gasteiger partial charge is 0.481 e. The van der Waals surface area contributed by atoms with Crippen molar-refractivity contribution in [3.05, 3.63) is 6.07 Å². The first kappa shape index (κ1) is 11.9. The molecule has 1 aromatic rings. The van der Waals surface area contributed by atoms with Gasteiger partial charge < -0.3 is 15.8 Å². The molecule has 6 heteroatoms. The second kappa shape index (κ2) is 5.65. The van der Waals surface area contributed by atoms with Crippen molar-refractivity contribution in [3.8, 4) is 5.88 Å². The average Bonchev–Trinajstić information content (AvgIpc) is 2.25. The molecule has 84 valence electrons. The molecule has 1 atom stereocenters. The first-order chi connectivity index (χ1) is 7.15. The number of methoxy groups -OCH3 is 1. The molecular weight excluding hydrogens is 212 g/mol. The van der Waals surface area contributed by atoms with E-state index in [9.17, 15) is 0 Å². The number of ether oxygens (including phenoxy) is 1. The van der Waals surface area contributed by atoms with Crippen molar-refractivity contribution in [1.29, 1.82) is 0 Å². The highest BCUT2D eigenvalue weighted by molar-refractivity contribution is 7.99. The van der Waals surface area contributed by atoms with Gasteiger partial charge in [-0.2, -0.15) is 21.7 Å². The van der Waals surface area contributed by atoms with Crippen LogP contribution in [0.5, 0.6) is 5.88 Å². The van der Waals surface area contributed by atoms with Crippen molar-refractivity contribution in [2.24, 2.45) is 0 Å². The van der Waals surface area contributed by atoms with Crippen LogP contribution in [-0.2, 0) is 0 Å². The van der Waals surface area contributed by atoms with Crippen molar-refractivity contribution in [1.82, 2.24) is 9.97 Å². The van der Waals surface area contributed by atoms with E-state index in [0.29, 0.717) is 16.9 Å². The lowest BCUT2D eigenvalue weighted by Gasteiger charge is -2.11. The number of rotatable bonds is 5. The summed E-state index contributed by atoms with van der Waals surface area (Å²) in [6.45, 7) is 2.97. The molecule has 0 fully saturated rings. The molecule has 1 heterocycles. The minimum absolute atomic E-state index is 0.216. The molecule has 1 aromatic heterocycles. The molecule has 0 saturated carbocycles. The molecule has 5 nitrogen and oxygen atoms in total. The number of thioether (sulfide) groups is 1. The van der Waals surface area contributed by atoms with Gasteiger partial charge in [-0.15, -0.1) is 0 Å². The second-order valence-corrected chi connectivity index (χ2v) is 4.36. The standard InChI is InChI=1S/C9H16N4OS/c1-6(15-3)5-11-7-4-8(14-2)13-9(10)12-7/h4,6H,5H2,1-3H3,(H3,10,11,12,13). The van der Waals surface area contributed by atoms with Gasteiger partial charge in [-0.25, -0.2) is 0 Å². The lowest BCUT2D eigenvalue weighted by Crippen LogP contribution is -2.14. The van der Waals surface area contributed by atoms with E-state index in [2.05, 4.69) is 28.5 Å². The molecule has 0 radical (unpaired) electrons. The number of hydrogen-bond acceptors (Lipinski definition) is 6. The van der Waals surface area contributed by atoms with Crippen molar-refractivity contribution >= 4 is 23.5 Å². The number of aromatic nitrogens is 2. The first-order valence-corrected chi connectivity index (χ1v) is 5.89. The molecule has 0 aliphatic carbocycles. The van der Waals surface area contributed by atoms with Crippen LogP contribution in [0.2, 0.25) is 0 Å². The molecule has 1 rings (SSSR count). The lowest BCUT2D eigenvalue weighted by atomic mass is 10.4. The van der Waals surface area contributed by atoms with E-state index in [4.69, 9.17) is 10.5 Å². The summed E-state index contributed by atoms with van der Waals surface area (Å²) >= 11 is 1.79. The third-order valence-corrected chi connectivity index (χ3v) is 2.87. The Morgan fingerprint density at radius 3 is 2.93 bits per heavy atom. The number of nitrogens with zero attached hydrogens (tertiary/aromatic N) is 2. The summed E-state index contributed by atoms with van der Waals surface area (Å²) in [5.41, 5.74) is 5.53. The molecule has 0 bridgehead atoms. The lowest BCUT2D eigenvalue weighted by molar-refractivity contribution is 0.398. The van der Waals surface area contributed by atoms with Crippen LogP contribution < -0.4 is 15.8 Å². The van der Waals surface area contributed by atoms with Crippen LogP contribution in [0.4, 0.5) is 11.8 Å². The van der Waals surface area contributed by atoms with E-state index in [0.717, 1.165) is 6.54 Å². The monoisotopic (exact) mass is 228 g/mol. The molecule has 15 heavy (non-hydrogen) atoms. The summed E-state index contributed by atoms with van der Waals surface area (Å²) in [4.78, 5) is 7.95. The Morgan fingerprint density at radius 1 is 1.60 bits per heavy atom. The molecule has 0 saturated heterocycles. The van der Waals surface area contributed by atoms with Gasteiger partial charge in [-0.3, -0.25) is 0 Å². The Labute approximate surface area is 93.8 Å². The van der Waals surface area contributed by atoms with Gasteiger partial charge in [0.25, 0.3) is 0 Å². The zero-order valence-electron chi connectivity index (χ0n) is 9.15. The molecule has 0 amide bonds. The highest BCUT2D eigenvalue weighted by atomic mass is 32.2. The van der Waals surface area contributed by atoms with E-state index in [1.165, 1.54) is 0 Å². The zero-order valence-corrected chi connectivity index (χ0v) is 9.97. The Bertz CT molecular complexity index is 321. The molecule has 1 unspecified atom stereocenters. The molecule has 3 N–H and O–H groups in total. The van der Waals surface area contributed by atoms with Gasteiger partial charge in [0.15, 0.2) is 0 Å². The van der Waals surface area contributed by atoms with E-state index < -0.39 is 0 Å². The predicted molar refractivity (Wildman–Crippen MR) is 64.5 cm³/mol. The summed E-state index contributed by atoms with van der Waals surface area (Å²) in [6.07, 6.45) is 2.07. The van der Waals surface area contributed by atoms with Gasteiger partial charge in [0.1, 0.15) is 5.82 Å². The summed E-state index contributed by atoms with van der Waals surface area (Å²) < 4.78 is 4.99. The molecule has 0 spiro atoms. The summed E-state index contributed by atoms with van der Waals surface area (Å²) in [5, 5.41) is 3.70. The van der Waals surface area contributed by atoms with Gasteiger partial charge in [0.05, 0.1) is 7.11 Å². The fourth-order valence-corrected chi connectivity index (χ4v) is 1.22. The van der Waals surface area contributed by atoms with E-state index in [1.54, 1.807) is 24.9 Å². The Kier molecular flexibility index (Phi) is 4.48. The van der Waals surface area contributed by atoms with Crippen LogP contribution in [0.3, 0.4) is 0 Å². The maximum atomic E-state index is 5.53. The predicted octanol–water partition coefficient (Wildman–Crippen LogP) is 1.23. The van der Waals surface area contributed by atoms with Crippen molar-refractivity contribution in [3.63, 3.8) is 0 Å². The third kappa shape index (κ3) is 3.83. The fraction of sp³-hybridized carbons (Fsp3) is 0.556. The van der Waals surface area contributed by atoms with Crippen molar-refractivity contribution in [2.75, 3.05) is 31.0 Å². The van der Waals surface area contributed by atoms with Crippen LogP contribution in [-0.4, -0.2) is 35.1 Å². The van der Waals surface area contributed by atoms with Gasteiger partial charge in [-0.1, -0.05) is 6.92 Å². The van der Waals surface area contributed by atoms with Gasteiger partial charge in [-0.05, 0) is 6.26 Å². The van der Waals surface area contributed by atoms with Gasteiger partial charge in [0, 0.05) is 17.9 Å². The van der Waals surface area contributed by atoms with Crippen molar-refractivity contribution in [2.45, 2.75) is 12.2 Å². The smallest absolute Gasteiger partial charge is 0.225 e. The van der Waals surface area contributed by atoms with Crippen LogP contribution >= 0.6 is 11.8 Å². The molecule has 0 aliphatic rings. The van der Waals surface area contributed by atoms with E-state index >= 15 is 0 Å². The molecule has 0 aliphatic heterocycles. The third-order valence-electron chi connectivity index (χ3n) is 1.90. The Morgan fingerprint density at radius 2 is 2.33 bits per heavy atom. The molecule has 0 aromatic carbocycles. The maximum absolute atomic E-state index is 5.53. The van der Waals surface area contributed by atoms with Crippen molar-refractivity contribution < 1.29 is 4.74 Å². The number of nitrogen functional groups attached to an aromatic ring is 1. The minimum Gasteiger partial charge on any atom is -0.481 e. The normalized spacial score (nSPS) is 12.2. The average molecular weight is 228 g/mol. The topological polar surface area (TPSA) is 73.1 Å². The minimum atomic E-state index is 0.216. The zero-order chi connectivity index (χ0) is 11.3. The van der Waals surface area contributed by atoms with E-state index in [-0.39, 0.29) is 5.95 Å². The SMILES string of the molecule is COc1cc(NCC(C)SC)nc(N)n1. The van der Waals surface area contributed by atoms with Crippen LogP contribution in [0.15, 0.2) is 6.07 Å². The van der Waals surface area contributed by atoms with Crippen LogP contribution in [0.1, 0.15) is 6.92 Å². The highest BCUT2D eigenvalue weighted by Crippen LogP contribution is 2.14. The summed E-state index contributed by atoms with van der Waals surface area (Å²) in [6, 6.07) is 1.73. The Balaban J connectivity index is 2.64. The second-order valence-electron chi connectivity index (χ2n) is 3.08. The number of nitrogens with two attached hydrogens (primary N) is 1. The maximum Gasteiger partial charge on any atom is 0.225 e. The van der Waals surface area contributed by atoms with Crippen LogP contribution in [0, 0.1) is 0 Å². The number of nitrogens with one attached hydrogen (secondary N) is 1. The van der Waals surface area contributed by atoms with Crippen LogP contribution in [0.25, 0.3) is 0 Å². The Hall–Kier alpha value is -1.17. The van der Waals surface area contributed by atoms with Gasteiger partial charge >= 0.3 is 0 Å². The number of hydrogen-bond donors (Lipinski definition) is 2. The quantitative estimate of drug-likeness (QED) is 0.789. The van der Waals surface area contributed by atoms with E-state index in [1.807, 2.05) is 0 Å². The molecular formula is C9H16N4OS. The highest BCUT2D eigenvalue weighted by Gasteiger charge is 2.03.